The molecule has 6 nitrogen and oxygen atoms in total. The van der Waals surface area contributed by atoms with Crippen LogP contribution in [0.3, 0.4) is 0 Å². The fraction of sp³-hybridized carbons (Fsp3) is 0.625. The number of amides is 2. The van der Waals surface area contributed by atoms with E-state index in [9.17, 15) is 14.4 Å². The van der Waals surface area contributed by atoms with Gasteiger partial charge >= 0.3 is 5.97 Å². The standard InChI is InChI=1S/C8H14N2O4/c1-4(2)7(8(9)14)10-5(11)3-6(12)13/h4,7H,3H2,1-2H3,(H2,9,14)(H,10,11)(H,12,13). The highest BCUT2D eigenvalue weighted by atomic mass is 16.4. The van der Waals surface area contributed by atoms with E-state index in [0.29, 0.717) is 0 Å². The van der Waals surface area contributed by atoms with E-state index in [-0.39, 0.29) is 5.92 Å². The van der Waals surface area contributed by atoms with E-state index >= 15 is 0 Å². The highest BCUT2D eigenvalue weighted by Crippen LogP contribution is 2.00. The Bertz CT molecular complexity index is 250. The van der Waals surface area contributed by atoms with Crippen molar-refractivity contribution in [2.45, 2.75) is 26.3 Å². The molecule has 0 aromatic carbocycles. The van der Waals surface area contributed by atoms with Gasteiger partial charge in [-0.05, 0) is 5.92 Å². The molecule has 0 aliphatic carbocycles. The lowest BCUT2D eigenvalue weighted by molar-refractivity contribution is -0.141. The van der Waals surface area contributed by atoms with Crippen LogP contribution in [0.25, 0.3) is 0 Å². The van der Waals surface area contributed by atoms with Crippen LogP contribution in [0, 0.1) is 5.92 Å². The van der Waals surface area contributed by atoms with Crippen LogP contribution in [0.2, 0.25) is 0 Å². The van der Waals surface area contributed by atoms with Crippen LogP contribution in [0.1, 0.15) is 20.3 Å². The van der Waals surface area contributed by atoms with Crippen LogP contribution in [0.5, 0.6) is 0 Å². The van der Waals surface area contributed by atoms with Crippen molar-refractivity contribution in [3.8, 4) is 0 Å². The lowest BCUT2D eigenvalue weighted by Gasteiger charge is -2.18. The minimum Gasteiger partial charge on any atom is -0.481 e. The lowest BCUT2D eigenvalue weighted by Crippen LogP contribution is -2.48. The number of nitrogens with one attached hydrogen (secondary N) is 1. The zero-order chi connectivity index (χ0) is 11.3. The minimum absolute atomic E-state index is 0.162. The van der Waals surface area contributed by atoms with Gasteiger partial charge in [0.2, 0.25) is 11.8 Å². The van der Waals surface area contributed by atoms with Crippen molar-refractivity contribution in [1.29, 1.82) is 0 Å². The summed E-state index contributed by atoms with van der Waals surface area (Å²) in [5.74, 6) is -2.78. The molecule has 0 rings (SSSR count). The number of hydrogen-bond acceptors (Lipinski definition) is 3. The maximum absolute atomic E-state index is 11.0. The van der Waals surface area contributed by atoms with E-state index in [1.54, 1.807) is 13.8 Å². The minimum atomic E-state index is -1.24. The van der Waals surface area contributed by atoms with Crippen LogP contribution in [0.15, 0.2) is 0 Å². The third-order valence-corrected chi connectivity index (χ3v) is 1.60. The molecule has 4 N–H and O–H groups in total. The van der Waals surface area contributed by atoms with Crippen LogP contribution in [-0.4, -0.2) is 28.9 Å². The first-order valence-corrected chi connectivity index (χ1v) is 4.15. The number of nitrogens with two attached hydrogens (primary N) is 1. The van der Waals surface area contributed by atoms with Gasteiger partial charge in [0.1, 0.15) is 12.5 Å². The number of carboxylic acids is 1. The Balaban J connectivity index is 4.24. The third kappa shape index (κ3) is 4.44. The zero-order valence-electron chi connectivity index (χ0n) is 8.11. The molecule has 0 radical (unpaired) electrons. The predicted octanol–water partition coefficient (Wildman–Crippen LogP) is -0.913. The Morgan fingerprint density at radius 1 is 1.36 bits per heavy atom. The fourth-order valence-corrected chi connectivity index (χ4v) is 0.928. The summed E-state index contributed by atoms with van der Waals surface area (Å²) in [4.78, 5) is 31.9. The Morgan fingerprint density at radius 3 is 2.14 bits per heavy atom. The molecule has 0 aliphatic rings. The summed E-state index contributed by atoms with van der Waals surface area (Å²) >= 11 is 0. The van der Waals surface area contributed by atoms with E-state index in [1.807, 2.05) is 0 Å². The molecule has 80 valence electrons. The van der Waals surface area contributed by atoms with Crippen molar-refractivity contribution in [3.63, 3.8) is 0 Å². The summed E-state index contributed by atoms with van der Waals surface area (Å²) in [6.07, 6.45) is -0.656. The summed E-state index contributed by atoms with van der Waals surface area (Å²) in [5, 5.41) is 10.5. The highest BCUT2D eigenvalue weighted by Gasteiger charge is 2.22. The lowest BCUT2D eigenvalue weighted by atomic mass is 10.0. The van der Waals surface area contributed by atoms with Gasteiger partial charge in [0.25, 0.3) is 0 Å². The summed E-state index contributed by atoms with van der Waals surface area (Å²) in [7, 11) is 0. The Morgan fingerprint density at radius 2 is 1.86 bits per heavy atom. The highest BCUT2D eigenvalue weighted by molar-refractivity contribution is 5.95. The van der Waals surface area contributed by atoms with E-state index in [1.165, 1.54) is 0 Å². The SMILES string of the molecule is CC(C)C(NC(=O)CC(=O)O)C(N)=O. The van der Waals surface area contributed by atoms with Gasteiger partial charge in [-0.2, -0.15) is 0 Å². The van der Waals surface area contributed by atoms with Gasteiger partial charge in [-0.25, -0.2) is 0 Å². The summed E-state index contributed by atoms with van der Waals surface area (Å²) in [5.41, 5.74) is 5.02. The van der Waals surface area contributed by atoms with Crippen molar-refractivity contribution in [1.82, 2.24) is 5.32 Å². The molecule has 0 aromatic heterocycles. The Kier molecular flexibility index (Phi) is 4.62. The molecular weight excluding hydrogens is 188 g/mol. The number of aliphatic carboxylic acids is 1. The molecule has 1 unspecified atom stereocenters. The van der Waals surface area contributed by atoms with Gasteiger partial charge in [-0.1, -0.05) is 13.8 Å². The average Bonchev–Trinajstić information content (AvgIpc) is 1.97. The number of primary amides is 1. The first-order chi connectivity index (χ1) is 6.34. The smallest absolute Gasteiger partial charge is 0.312 e. The Labute approximate surface area is 81.5 Å². The van der Waals surface area contributed by atoms with Gasteiger partial charge in [0.15, 0.2) is 0 Å². The molecular formula is C8H14N2O4. The number of carboxylic acid groups (broad SMARTS) is 1. The van der Waals surface area contributed by atoms with E-state index in [0.717, 1.165) is 0 Å². The molecule has 0 saturated heterocycles. The molecule has 0 spiro atoms. The summed E-state index contributed by atoms with van der Waals surface area (Å²) in [6, 6.07) is -0.818. The molecule has 0 heterocycles. The van der Waals surface area contributed by atoms with E-state index in [2.05, 4.69) is 5.32 Å². The normalized spacial score (nSPS) is 12.2. The average molecular weight is 202 g/mol. The van der Waals surface area contributed by atoms with Crippen LogP contribution in [0.4, 0.5) is 0 Å². The monoisotopic (exact) mass is 202 g/mol. The topological polar surface area (TPSA) is 109 Å². The van der Waals surface area contributed by atoms with Crippen LogP contribution < -0.4 is 11.1 Å². The second-order valence-corrected chi connectivity index (χ2v) is 3.26. The first kappa shape index (κ1) is 12.4. The second kappa shape index (κ2) is 5.21. The molecule has 1 atom stereocenters. The first-order valence-electron chi connectivity index (χ1n) is 4.15. The number of carbonyl (C=O) groups is 3. The van der Waals surface area contributed by atoms with Gasteiger partial charge in [0.05, 0.1) is 0 Å². The fourth-order valence-electron chi connectivity index (χ4n) is 0.928. The predicted molar refractivity (Wildman–Crippen MR) is 48.2 cm³/mol. The summed E-state index contributed by atoms with van der Waals surface area (Å²) < 4.78 is 0. The molecule has 0 bridgehead atoms. The van der Waals surface area contributed by atoms with Gasteiger partial charge < -0.3 is 16.2 Å². The van der Waals surface area contributed by atoms with Gasteiger partial charge in [-0.3, -0.25) is 14.4 Å². The van der Waals surface area contributed by atoms with E-state index in [4.69, 9.17) is 10.8 Å². The molecule has 6 heteroatoms. The van der Waals surface area contributed by atoms with Crippen LogP contribution >= 0.6 is 0 Å². The molecule has 14 heavy (non-hydrogen) atoms. The molecule has 0 fully saturated rings. The van der Waals surface area contributed by atoms with Gasteiger partial charge in [0, 0.05) is 0 Å². The van der Waals surface area contributed by atoms with Crippen molar-refractivity contribution in [3.05, 3.63) is 0 Å². The largest absolute Gasteiger partial charge is 0.481 e. The number of carbonyl (C=O) groups excluding carboxylic acids is 2. The zero-order valence-corrected chi connectivity index (χ0v) is 8.11. The molecule has 2 amide bonds. The summed E-state index contributed by atoms with van der Waals surface area (Å²) in [6.45, 7) is 3.41. The van der Waals surface area contributed by atoms with Crippen LogP contribution in [-0.2, 0) is 14.4 Å². The molecule has 0 aromatic rings. The van der Waals surface area contributed by atoms with Crippen molar-refractivity contribution in [2.75, 3.05) is 0 Å². The van der Waals surface area contributed by atoms with Crippen molar-refractivity contribution < 1.29 is 19.5 Å². The maximum Gasteiger partial charge on any atom is 0.312 e. The second-order valence-electron chi connectivity index (χ2n) is 3.26. The molecule has 0 aliphatic heterocycles. The number of hydrogen-bond donors (Lipinski definition) is 3. The van der Waals surface area contributed by atoms with Crippen molar-refractivity contribution >= 4 is 17.8 Å². The van der Waals surface area contributed by atoms with Crippen molar-refractivity contribution in [2.24, 2.45) is 11.7 Å². The Hall–Kier alpha value is -1.59. The third-order valence-electron chi connectivity index (χ3n) is 1.60. The van der Waals surface area contributed by atoms with Gasteiger partial charge in [-0.15, -0.1) is 0 Å². The molecule has 0 saturated carbocycles. The quantitative estimate of drug-likeness (QED) is 0.501. The van der Waals surface area contributed by atoms with E-state index < -0.39 is 30.2 Å². The number of rotatable bonds is 5. The maximum atomic E-state index is 11.0.